The quantitative estimate of drug-likeness (QED) is 0.734. The van der Waals surface area contributed by atoms with Gasteiger partial charge in [-0.3, -0.25) is 9.80 Å². The fraction of sp³-hybridized carbons (Fsp3) is 0.538. The van der Waals surface area contributed by atoms with Crippen molar-refractivity contribution < 1.29 is 10.2 Å². The average molecular weight is 409 g/mol. The molecule has 0 spiro atoms. The van der Waals surface area contributed by atoms with Crippen LogP contribution in [0, 0.1) is 27.7 Å². The molecule has 2 heterocycles. The second-order valence-electron chi connectivity index (χ2n) is 9.54. The summed E-state index contributed by atoms with van der Waals surface area (Å²) < 4.78 is 0. The van der Waals surface area contributed by atoms with Crippen LogP contribution in [-0.2, 0) is 13.1 Å². The number of likely N-dealkylation sites (tertiary alicyclic amines) is 2. The maximum atomic E-state index is 10.6. The van der Waals surface area contributed by atoms with Gasteiger partial charge in [0, 0.05) is 36.3 Å². The second-order valence-corrected chi connectivity index (χ2v) is 9.54. The van der Waals surface area contributed by atoms with E-state index in [1.165, 1.54) is 36.8 Å². The molecular weight excluding hydrogens is 372 g/mol. The molecule has 0 radical (unpaired) electrons. The summed E-state index contributed by atoms with van der Waals surface area (Å²) in [6.45, 7) is 12.0. The number of phenols is 2. The maximum Gasteiger partial charge on any atom is 0.122 e. The molecule has 0 aliphatic carbocycles. The summed E-state index contributed by atoms with van der Waals surface area (Å²) in [5.74, 6) is 0.907. The normalized spacial score (nSPS) is 22.8. The van der Waals surface area contributed by atoms with E-state index in [0.717, 1.165) is 48.4 Å². The first kappa shape index (κ1) is 21.2. The Morgan fingerprint density at radius 2 is 1.10 bits per heavy atom. The van der Waals surface area contributed by atoms with Gasteiger partial charge in [-0.1, -0.05) is 35.4 Å². The van der Waals surface area contributed by atoms with E-state index in [4.69, 9.17) is 0 Å². The third-order valence-electron chi connectivity index (χ3n) is 7.07. The van der Waals surface area contributed by atoms with E-state index in [9.17, 15) is 10.2 Å². The fourth-order valence-electron chi connectivity index (χ4n) is 5.74. The van der Waals surface area contributed by atoms with Gasteiger partial charge in [-0.25, -0.2) is 0 Å². The molecule has 2 atom stereocenters. The van der Waals surface area contributed by atoms with Crippen LogP contribution in [0.2, 0.25) is 0 Å². The lowest BCUT2D eigenvalue weighted by atomic mass is 10.00. The minimum absolute atomic E-state index is 0.453. The highest BCUT2D eigenvalue weighted by molar-refractivity contribution is 5.43. The lowest BCUT2D eigenvalue weighted by Crippen LogP contribution is -2.45. The van der Waals surface area contributed by atoms with Crippen molar-refractivity contribution in [1.82, 2.24) is 9.80 Å². The molecule has 30 heavy (non-hydrogen) atoms. The first-order valence-corrected chi connectivity index (χ1v) is 11.4. The van der Waals surface area contributed by atoms with Crippen molar-refractivity contribution in [3.05, 3.63) is 57.6 Å². The van der Waals surface area contributed by atoms with Crippen molar-refractivity contribution in [2.24, 2.45) is 0 Å². The zero-order valence-corrected chi connectivity index (χ0v) is 18.9. The van der Waals surface area contributed by atoms with Gasteiger partial charge < -0.3 is 10.2 Å². The molecule has 0 unspecified atom stereocenters. The Morgan fingerprint density at radius 1 is 0.700 bits per heavy atom. The molecule has 2 aliphatic rings. The largest absolute Gasteiger partial charge is 0.507 e. The molecule has 2 N–H and O–H groups in total. The first-order valence-electron chi connectivity index (χ1n) is 11.4. The molecule has 0 aromatic heterocycles. The molecule has 4 nitrogen and oxygen atoms in total. The number of aryl methyl sites for hydroxylation is 4. The Bertz CT molecular complexity index is 848. The van der Waals surface area contributed by atoms with E-state index in [2.05, 4.69) is 47.9 Å². The van der Waals surface area contributed by atoms with Gasteiger partial charge in [0.2, 0.25) is 0 Å². The van der Waals surface area contributed by atoms with Crippen LogP contribution in [0.1, 0.15) is 59.1 Å². The van der Waals surface area contributed by atoms with Crippen LogP contribution < -0.4 is 0 Å². The van der Waals surface area contributed by atoms with Crippen molar-refractivity contribution in [2.45, 2.75) is 78.6 Å². The number of phenolic OH excluding ortho intramolecular Hbond substituents is 2. The van der Waals surface area contributed by atoms with Crippen LogP contribution in [0.25, 0.3) is 0 Å². The smallest absolute Gasteiger partial charge is 0.122 e. The maximum absolute atomic E-state index is 10.6. The van der Waals surface area contributed by atoms with Crippen molar-refractivity contribution in [3.63, 3.8) is 0 Å². The lowest BCUT2D eigenvalue weighted by Gasteiger charge is -2.35. The molecule has 0 saturated carbocycles. The summed E-state index contributed by atoms with van der Waals surface area (Å²) in [5.41, 5.74) is 6.46. The van der Waals surface area contributed by atoms with E-state index in [-0.39, 0.29) is 0 Å². The molecule has 2 aromatic rings. The van der Waals surface area contributed by atoms with Crippen molar-refractivity contribution >= 4 is 0 Å². The molecule has 4 heteroatoms. The van der Waals surface area contributed by atoms with Gasteiger partial charge >= 0.3 is 0 Å². The minimum Gasteiger partial charge on any atom is -0.507 e. The first-order chi connectivity index (χ1) is 14.3. The number of hydrogen-bond acceptors (Lipinski definition) is 4. The Kier molecular flexibility index (Phi) is 6.08. The number of rotatable bonds is 5. The Balaban J connectivity index is 1.52. The molecule has 4 rings (SSSR count). The van der Waals surface area contributed by atoms with Crippen LogP contribution in [0.5, 0.6) is 11.5 Å². The van der Waals surface area contributed by atoms with Gasteiger partial charge in [0.25, 0.3) is 0 Å². The van der Waals surface area contributed by atoms with Crippen LogP contribution in [0.4, 0.5) is 0 Å². The lowest BCUT2D eigenvalue weighted by molar-refractivity contribution is 0.123. The Morgan fingerprint density at radius 3 is 1.50 bits per heavy atom. The van der Waals surface area contributed by atoms with Gasteiger partial charge in [-0.05, 0) is 77.6 Å². The Labute approximate surface area is 181 Å². The average Bonchev–Trinajstić information content (AvgIpc) is 3.32. The second kappa shape index (κ2) is 8.60. The van der Waals surface area contributed by atoms with Gasteiger partial charge in [-0.15, -0.1) is 0 Å². The standard InChI is InChI=1S/C26H36N2O2/c1-17-11-19(3)25(29)21(13-17)15-27-9-5-7-23(27)24-8-6-10-28(24)16-22-14-18(2)12-20(4)26(22)30/h11-14,23-24,29-30H,5-10,15-16H2,1-4H3/t23-,24+. The molecule has 0 bridgehead atoms. The van der Waals surface area contributed by atoms with Gasteiger partial charge in [-0.2, -0.15) is 0 Å². The summed E-state index contributed by atoms with van der Waals surface area (Å²) in [5, 5.41) is 21.2. The highest BCUT2D eigenvalue weighted by Crippen LogP contribution is 2.35. The van der Waals surface area contributed by atoms with Gasteiger partial charge in [0.15, 0.2) is 0 Å². The van der Waals surface area contributed by atoms with Crippen LogP contribution in [-0.4, -0.2) is 45.2 Å². The molecule has 2 aromatic carbocycles. The molecule has 0 amide bonds. The highest BCUT2D eigenvalue weighted by Gasteiger charge is 2.38. The monoisotopic (exact) mass is 408 g/mol. The number of hydrogen-bond donors (Lipinski definition) is 2. The molecular formula is C26H36N2O2. The summed E-state index contributed by atoms with van der Waals surface area (Å²) in [7, 11) is 0. The highest BCUT2D eigenvalue weighted by atomic mass is 16.3. The van der Waals surface area contributed by atoms with Crippen molar-refractivity contribution in [1.29, 1.82) is 0 Å². The van der Waals surface area contributed by atoms with Crippen molar-refractivity contribution in [3.8, 4) is 11.5 Å². The molecule has 162 valence electrons. The molecule has 2 aliphatic heterocycles. The van der Waals surface area contributed by atoms with Crippen LogP contribution in [0.3, 0.4) is 0 Å². The summed E-state index contributed by atoms with van der Waals surface area (Å²) >= 11 is 0. The van der Waals surface area contributed by atoms with Crippen LogP contribution in [0.15, 0.2) is 24.3 Å². The fourth-order valence-corrected chi connectivity index (χ4v) is 5.74. The van der Waals surface area contributed by atoms with E-state index in [1.807, 2.05) is 13.8 Å². The Hall–Kier alpha value is -2.04. The number of benzene rings is 2. The predicted molar refractivity (Wildman–Crippen MR) is 122 cm³/mol. The summed E-state index contributed by atoms with van der Waals surface area (Å²) in [4.78, 5) is 5.16. The number of aromatic hydroxyl groups is 2. The van der Waals surface area contributed by atoms with Gasteiger partial charge in [0.1, 0.15) is 11.5 Å². The van der Waals surface area contributed by atoms with E-state index >= 15 is 0 Å². The van der Waals surface area contributed by atoms with Gasteiger partial charge in [0.05, 0.1) is 0 Å². The minimum atomic E-state index is 0.453. The summed E-state index contributed by atoms with van der Waals surface area (Å²) in [6, 6.07) is 9.40. The van der Waals surface area contributed by atoms with E-state index < -0.39 is 0 Å². The molecule has 2 fully saturated rings. The third kappa shape index (κ3) is 4.21. The van der Waals surface area contributed by atoms with Crippen molar-refractivity contribution in [2.75, 3.05) is 13.1 Å². The SMILES string of the molecule is Cc1cc(C)c(O)c(CN2CCC[C@@H]2[C@@H]2CCCN2Cc2cc(C)cc(C)c2O)c1. The molecule has 2 saturated heterocycles. The van der Waals surface area contributed by atoms with E-state index in [0.29, 0.717) is 23.6 Å². The zero-order valence-electron chi connectivity index (χ0n) is 18.9. The summed E-state index contributed by atoms with van der Waals surface area (Å²) in [6.07, 6.45) is 4.86. The number of nitrogens with zero attached hydrogens (tertiary/aromatic N) is 2. The van der Waals surface area contributed by atoms with E-state index in [1.54, 1.807) is 0 Å². The third-order valence-corrected chi connectivity index (χ3v) is 7.07. The zero-order chi connectivity index (χ0) is 21.4. The van der Waals surface area contributed by atoms with Crippen LogP contribution >= 0.6 is 0 Å². The topological polar surface area (TPSA) is 46.9 Å². The predicted octanol–water partition coefficient (Wildman–Crippen LogP) is 4.96.